The molecule has 0 bridgehead atoms. The number of nitrogens with zero attached hydrogens (tertiary/aromatic N) is 5. The van der Waals surface area contributed by atoms with Crippen molar-refractivity contribution in [1.82, 2.24) is 24.8 Å². The number of carbonyl (C=O) groups is 1. The van der Waals surface area contributed by atoms with Crippen LogP contribution < -0.4 is 14.2 Å². The van der Waals surface area contributed by atoms with E-state index in [0.29, 0.717) is 53.1 Å². The van der Waals surface area contributed by atoms with Gasteiger partial charge in [0.05, 0.1) is 0 Å². The first-order chi connectivity index (χ1) is 14.6. The van der Waals surface area contributed by atoms with Gasteiger partial charge in [0.2, 0.25) is 0 Å². The molecule has 1 aliphatic heterocycles. The van der Waals surface area contributed by atoms with Gasteiger partial charge >= 0.3 is 159 Å². The van der Waals surface area contributed by atoms with Crippen LogP contribution in [-0.2, 0) is 4.79 Å². The summed E-state index contributed by atoms with van der Waals surface area (Å²) >= 11 is 8.27. The molecule has 1 saturated carbocycles. The Kier molecular flexibility index (Phi) is 5.29. The van der Waals surface area contributed by atoms with Crippen molar-refractivity contribution in [1.29, 1.82) is 0 Å². The van der Waals surface area contributed by atoms with Gasteiger partial charge in [-0.3, -0.25) is 0 Å². The number of imidazole rings is 1. The second-order valence-electron chi connectivity index (χ2n) is 7.55. The van der Waals surface area contributed by atoms with Crippen molar-refractivity contribution in [2.24, 2.45) is 0 Å². The Bertz CT molecular complexity index is 1080. The predicted octanol–water partition coefficient (Wildman–Crippen LogP) is 1.41. The Morgan fingerprint density at radius 2 is 1.87 bits per heavy atom. The van der Waals surface area contributed by atoms with E-state index in [2.05, 4.69) is 41.7 Å². The van der Waals surface area contributed by atoms with E-state index in [1.165, 1.54) is 12.8 Å². The number of benzene rings is 1. The summed E-state index contributed by atoms with van der Waals surface area (Å²) in [5.74, 6) is 3.00. The van der Waals surface area contributed by atoms with Crippen LogP contribution >= 0.6 is 11.6 Å². The Balaban J connectivity index is 1.23. The number of halogens is 1. The summed E-state index contributed by atoms with van der Waals surface area (Å²) in [6.45, 7) is 2.64. The van der Waals surface area contributed by atoms with Gasteiger partial charge < -0.3 is 0 Å². The molecule has 1 aromatic carbocycles. The number of aromatic nitrogens is 4. The van der Waals surface area contributed by atoms with Crippen LogP contribution in [0.1, 0.15) is 24.6 Å². The minimum absolute atomic E-state index is 0.0151. The number of H-pyrrole nitrogens is 1. The van der Waals surface area contributed by atoms with E-state index in [1.807, 2.05) is 4.90 Å². The Hall–Kier alpha value is -2.31. The number of carbonyl (C=O) groups excluding carboxylic acids is 1. The molecule has 1 aliphatic carbocycles. The Morgan fingerprint density at radius 3 is 2.57 bits per heavy atom. The number of fused-ring (bicyclic) bond motifs is 1. The number of piperazine rings is 1. The number of amides is 1. The first-order valence-electron chi connectivity index (χ1n) is 9.94. The van der Waals surface area contributed by atoms with Crippen molar-refractivity contribution < 1.29 is 9.53 Å². The molecular formula is C20H20AsClN6O2. The molecule has 1 amide bonds. The topological polar surface area (TPSA) is 87.2 Å². The molecule has 2 radical (unpaired) electrons. The molecule has 2 fully saturated rings. The van der Waals surface area contributed by atoms with Gasteiger partial charge in [-0.2, -0.15) is 0 Å². The van der Waals surface area contributed by atoms with E-state index in [-0.39, 0.29) is 12.5 Å². The van der Waals surface area contributed by atoms with Crippen LogP contribution in [-0.4, -0.2) is 80.4 Å². The summed E-state index contributed by atoms with van der Waals surface area (Å²) < 4.78 is 6.24. The summed E-state index contributed by atoms with van der Waals surface area (Å²) in [5, 5.41) is 0.638. The summed E-state index contributed by atoms with van der Waals surface area (Å²) in [6.07, 6.45) is 2.35. The molecule has 3 heterocycles. The second kappa shape index (κ2) is 8.08. The van der Waals surface area contributed by atoms with Crippen LogP contribution in [0.15, 0.2) is 24.3 Å². The fourth-order valence-electron chi connectivity index (χ4n) is 3.60. The molecule has 154 valence electrons. The molecule has 3 aromatic rings. The van der Waals surface area contributed by atoms with E-state index < -0.39 is 0 Å². The first-order valence-corrected chi connectivity index (χ1v) is 11.3. The van der Waals surface area contributed by atoms with Gasteiger partial charge in [0.1, 0.15) is 0 Å². The van der Waals surface area contributed by atoms with Gasteiger partial charge in [0.15, 0.2) is 0 Å². The molecule has 0 atom stereocenters. The van der Waals surface area contributed by atoms with Crippen molar-refractivity contribution >= 4 is 56.0 Å². The monoisotopic (exact) mass is 486 g/mol. The number of hydrogen-bond acceptors (Lipinski definition) is 6. The summed E-state index contributed by atoms with van der Waals surface area (Å²) in [5.41, 5.74) is 1.60. The number of anilines is 1. The molecular weight excluding hydrogens is 467 g/mol. The van der Waals surface area contributed by atoms with Gasteiger partial charge in [-0.05, 0) is 12.1 Å². The molecule has 8 nitrogen and oxygen atoms in total. The van der Waals surface area contributed by atoms with Crippen molar-refractivity contribution in [3.8, 4) is 5.75 Å². The third-order valence-electron chi connectivity index (χ3n) is 5.41. The number of ether oxygens (including phenoxy) is 1. The van der Waals surface area contributed by atoms with Crippen LogP contribution in [0.5, 0.6) is 5.75 Å². The second-order valence-corrected chi connectivity index (χ2v) is 8.83. The zero-order chi connectivity index (χ0) is 20.7. The zero-order valence-corrected chi connectivity index (χ0v) is 18.8. The molecule has 5 rings (SSSR count). The van der Waals surface area contributed by atoms with Gasteiger partial charge in [0, 0.05) is 5.02 Å². The number of rotatable bonds is 5. The number of nitrogens with one attached hydrogen (secondary N) is 1. The van der Waals surface area contributed by atoms with Crippen LogP contribution in [0.3, 0.4) is 0 Å². The molecule has 10 heteroatoms. The van der Waals surface area contributed by atoms with Crippen LogP contribution in [0.2, 0.25) is 5.02 Å². The summed E-state index contributed by atoms with van der Waals surface area (Å²) in [6, 6.07) is 7.00. The molecule has 1 N–H and O–H groups in total. The average Bonchev–Trinajstić information content (AvgIpc) is 3.52. The molecule has 1 saturated heterocycles. The predicted molar refractivity (Wildman–Crippen MR) is 115 cm³/mol. The minimum atomic E-state index is -0.0251. The van der Waals surface area contributed by atoms with Crippen molar-refractivity contribution in [3.63, 3.8) is 0 Å². The Labute approximate surface area is 187 Å². The maximum absolute atomic E-state index is 12.5. The fraction of sp³-hybridized carbons (Fsp3) is 0.400. The number of hydrogen-bond donors (Lipinski definition) is 1. The molecule has 0 unspecified atom stereocenters. The van der Waals surface area contributed by atoms with Gasteiger partial charge in [0.25, 0.3) is 0 Å². The molecule has 30 heavy (non-hydrogen) atoms. The van der Waals surface area contributed by atoms with Gasteiger partial charge in [-0.15, -0.1) is 0 Å². The maximum atomic E-state index is 12.5. The molecule has 0 spiro atoms. The van der Waals surface area contributed by atoms with E-state index >= 15 is 0 Å². The Morgan fingerprint density at radius 1 is 1.13 bits per heavy atom. The van der Waals surface area contributed by atoms with Crippen molar-refractivity contribution in [3.05, 3.63) is 35.1 Å². The van der Waals surface area contributed by atoms with Crippen molar-refractivity contribution in [2.45, 2.75) is 18.8 Å². The first kappa shape index (κ1) is 19.6. The normalized spacial score (nSPS) is 16.9. The third-order valence-corrected chi connectivity index (χ3v) is 6.08. The average molecular weight is 487 g/mol. The van der Waals surface area contributed by atoms with Crippen LogP contribution in [0.4, 0.5) is 5.82 Å². The standard InChI is InChI=1S/C20H20AsClN6O2/c21-20-25-18-16(23-17(24-18)12-1-2-12)19(26-20)28-9-7-27(8-10-28)15(29)11-30-14-5-3-13(22)4-6-14/h3-6,12H,1-2,7-11H2,(H,23,24,25,26). The summed E-state index contributed by atoms with van der Waals surface area (Å²) in [7, 11) is 0. The van der Waals surface area contributed by atoms with E-state index in [1.54, 1.807) is 24.3 Å². The van der Waals surface area contributed by atoms with E-state index in [9.17, 15) is 4.79 Å². The SMILES string of the molecule is O=C(COc1ccc(Cl)cc1)N1CCN(c2nc([As])nc3nc(C4CC4)[nH]c23)CC1. The van der Waals surface area contributed by atoms with Crippen LogP contribution in [0, 0.1) is 0 Å². The third kappa shape index (κ3) is 4.11. The van der Waals surface area contributed by atoms with Gasteiger partial charge in [-0.25, -0.2) is 0 Å². The molecule has 2 aliphatic rings. The summed E-state index contributed by atoms with van der Waals surface area (Å²) in [4.78, 5) is 33.8. The van der Waals surface area contributed by atoms with Crippen LogP contribution in [0.25, 0.3) is 11.2 Å². The van der Waals surface area contributed by atoms with E-state index in [4.69, 9.17) is 16.3 Å². The quantitative estimate of drug-likeness (QED) is 0.549. The van der Waals surface area contributed by atoms with Crippen molar-refractivity contribution in [2.75, 3.05) is 37.7 Å². The molecule has 2 aromatic heterocycles. The van der Waals surface area contributed by atoms with Gasteiger partial charge in [-0.1, -0.05) is 11.6 Å². The fourth-order valence-corrected chi connectivity index (χ4v) is 4.13. The zero-order valence-electron chi connectivity index (χ0n) is 16.2. The van der Waals surface area contributed by atoms with E-state index in [0.717, 1.165) is 17.2 Å². The number of aromatic amines is 1.